The highest BCUT2D eigenvalue weighted by molar-refractivity contribution is 7.86. The Bertz CT molecular complexity index is 1570. The van der Waals surface area contributed by atoms with E-state index in [9.17, 15) is 23.2 Å². The Morgan fingerprint density at radius 1 is 0.972 bits per heavy atom. The van der Waals surface area contributed by atoms with Crippen molar-refractivity contribution < 1.29 is 23.2 Å². The number of phenols is 2. The van der Waals surface area contributed by atoms with Crippen molar-refractivity contribution in [2.24, 2.45) is 0 Å². The predicted molar refractivity (Wildman–Crippen MR) is 137 cm³/mol. The largest absolute Gasteiger partial charge is 0.504 e. The topological polar surface area (TPSA) is 133 Å². The summed E-state index contributed by atoms with van der Waals surface area (Å²) in [6.45, 7) is 2.89. The van der Waals surface area contributed by atoms with Crippen LogP contribution in [-0.2, 0) is 21.3 Å². The lowest BCUT2D eigenvalue weighted by Crippen LogP contribution is -2.28. The van der Waals surface area contributed by atoms with Crippen molar-refractivity contribution in [2.75, 3.05) is 5.32 Å². The third-order valence-corrected chi connectivity index (χ3v) is 8.29. The number of fused-ring (bicyclic) bond motifs is 3. The molecule has 1 heterocycles. The molecule has 1 atom stereocenters. The highest BCUT2D eigenvalue weighted by Gasteiger charge is 2.34. The zero-order valence-electron chi connectivity index (χ0n) is 19.7. The summed E-state index contributed by atoms with van der Waals surface area (Å²) >= 11 is 0. The Kier molecular flexibility index (Phi) is 5.69. The van der Waals surface area contributed by atoms with Crippen molar-refractivity contribution >= 4 is 21.8 Å². The summed E-state index contributed by atoms with van der Waals surface area (Å²) in [6, 6.07) is 19.6. The van der Waals surface area contributed by atoms with Gasteiger partial charge >= 0.3 is 0 Å². The van der Waals surface area contributed by atoms with Crippen LogP contribution in [0.1, 0.15) is 42.0 Å². The second-order valence-electron chi connectivity index (χ2n) is 9.35. The monoisotopic (exact) mass is 503 g/mol. The molecule has 0 saturated heterocycles. The number of nitrogens with one attached hydrogen (secondary N) is 1. The van der Waals surface area contributed by atoms with Gasteiger partial charge in [0.2, 0.25) is 5.95 Å². The van der Waals surface area contributed by atoms with Crippen LogP contribution in [0.25, 0.3) is 11.3 Å². The third-order valence-electron chi connectivity index (χ3n) is 6.76. The van der Waals surface area contributed by atoms with Gasteiger partial charge in [-0.3, -0.25) is 4.55 Å². The average Bonchev–Trinajstić information content (AvgIpc) is 2.85. The van der Waals surface area contributed by atoms with E-state index in [1.807, 2.05) is 30.3 Å². The molecule has 9 heteroatoms. The van der Waals surface area contributed by atoms with Crippen LogP contribution < -0.4 is 5.32 Å². The first-order valence-corrected chi connectivity index (χ1v) is 12.8. The van der Waals surface area contributed by atoms with Gasteiger partial charge < -0.3 is 15.5 Å². The summed E-state index contributed by atoms with van der Waals surface area (Å²) < 4.78 is 31.5. The van der Waals surface area contributed by atoms with Gasteiger partial charge in [0, 0.05) is 23.4 Å². The molecule has 36 heavy (non-hydrogen) atoms. The van der Waals surface area contributed by atoms with Gasteiger partial charge in [0.1, 0.15) is 4.75 Å². The number of nitrogens with zero attached hydrogens (tertiary/aromatic N) is 2. The van der Waals surface area contributed by atoms with E-state index in [0.717, 1.165) is 27.9 Å². The smallest absolute Gasteiger partial charge is 0.274 e. The molecule has 1 aromatic heterocycles. The van der Waals surface area contributed by atoms with Crippen LogP contribution in [0.4, 0.5) is 11.6 Å². The Hall–Kier alpha value is -3.95. The molecule has 0 saturated carbocycles. The first-order chi connectivity index (χ1) is 17.0. The van der Waals surface area contributed by atoms with Gasteiger partial charge in [0.15, 0.2) is 11.5 Å². The first-order valence-electron chi connectivity index (χ1n) is 11.4. The molecule has 0 bridgehead atoms. The van der Waals surface area contributed by atoms with Crippen LogP contribution in [0, 0.1) is 0 Å². The van der Waals surface area contributed by atoms with E-state index < -0.39 is 14.9 Å². The molecule has 5 rings (SSSR count). The average molecular weight is 504 g/mol. The molecule has 0 radical (unpaired) electrons. The summed E-state index contributed by atoms with van der Waals surface area (Å²) in [5.41, 5.74) is 5.82. The first kappa shape index (κ1) is 23.8. The molecule has 1 aliphatic rings. The molecular formula is C27H25N3O5S. The lowest BCUT2D eigenvalue weighted by atomic mass is 9.78. The van der Waals surface area contributed by atoms with E-state index in [2.05, 4.69) is 10.3 Å². The fourth-order valence-corrected chi connectivity index (χ4v) is 4.92. The van der Waals surface area contributed by atoms with Crippen LogP contribution >= 0.6 is 0 Å². The van der Waals surface area contributed by atoms with E-state index in [1.54, 1.807) is 36.5 Å². The third kappa shape index (κ3) is 4.16. The van der Waals surface area contributed by atoms with Gasteiger partial charge in [-0.1, -0.05) is 42.5 Å². The maximum Gasteiger partial charge on any atom is 0.274 e. The number of rotatable bonds is 5. The molecule has 1 unspecified atom stereocenters. The van der Waals surface area contributed by atoms with Crippen LogP contribution in [0.5, 0.6) is 11.5 Å². The molecule has 8 nitrogen and oxygen atoms in total. The molecule has 4 aromatic rings. The summed E-state index contributed by atoms with van der Waals surface area (Å²) in [7, 11) is -4.27. The predicted octanol–water partition coefficient (Wildman–Crippen LogP) is 5.11. The fraction of sp³-hybridized carbons (Fsp3) is 0.185. The van der Waals surface area contributed by atoms with Gasteiger partial charge in [-0.05, 0) is 66.8 Å². The molecule has 1 aliphatic carbocycles. The van der Waals surface area contributed by atoms with Crippen LogP contribution in [-0.4, -0.2) is 33.2 Å². The number of hydrogen-bond acceptors (Lipinski definition) is 7. The molecule has 184 valence electrons. The minimum Gasteiger partial charge on any atom is -0.504 e. The van der Waals surface area contributed by atoms with Gasteiger partial charge in [0.05, 0.1) is 5.69 Å². The van der Waals surface area contributed by atoms with Crippen molar-refractivity contribution in [1.29, 1.82) is 0 Å². The van der Waals surface area contributed by atoms with Crippen LogP contribution in [0.15, 0.2) is 72.9 Å². The standard InChI is InChI=1S/C27H25N3O5S/c1-27(2,36(33,34)35)18-8-10-19(11-9-18)29-26-28-15-17-13-22(16-7-12-23(31)24(32)14-16)20-5-3-4-6-21(20)25(17)30-26/h3-12,14-15,22,31-32H,13H2,1-2H3,(H,28,29,30)(H,33,34,35). The zero-order valence-corrected chi connectivity index (χ0v) is 20.5. The van der Waals surface area contributed by atoms with Crippen molar-refractivity contribution in [3.8, 4) is 22.8 Å². The summed E-state index contributed by atoms with van der Waals surface area (Å²) in [5.74, 6) is 0.0572. The minimum absolute atomic E-state index is 0.0266. The highest BCUT2D eigenvalue weighted by Crippen LogP contribution is 2.43. The van der Waals surface area contributed by atoms with E-state index in [-0.39, 0.29) is 17.4 Å². The SMILES string of the molecule is CC(C)(c1ccc(Nc2ncc3c(n2)-c2ccccc2C(c2ccc(O)c(O)c2)C3)cc1)S(=O)(=O)O. The number of anilines is 2. The van der Waals surface area contributed by atoms with Crippen molar-refractivity contribution in [1.82, 2.24) is 9.97 Å². The van der Waals surface area contributed by atoms with E-state index in [4.69, 9.17) is 4.98 Å². The number of hydrogen-bond donors (Lipinski definition) is 4. The Labute approximate surface area is 209 Å². The number of aromatic hydroxyl groups is 2. The van der Waals surface area contributed by atoms with Crippen molar-refractivity contribution in [3.63, 3.8) is 0 Å². The van der Waals surface area contributed by atoms with Crippen LogP contribution in [0.2, 0.25) is 0 Å². The maximum atomic E-state index is 11.7. The molecule has 0 aliphatic heterocycles. The molecule has 0 amide bonds. The number of phenolic OH excluding ortho intramolecular Hbond substituents is 2. The maximum absolute atomic E-state index is 11.7. The second kappa shape index (κ2) is 8.61. The molecule has 0 fully saturated rings. The Morgan fingerprint density at radius 3 is 2.39 bits per heavy atom. The molecule has 3 aromatic carbocycles. The normalized spacial score (nSPS) is 15.1. The Morgan fingerprint density at radius 2 is 1.69 bits per heavy atom. The molecule has 4 N–H and O–H groups in total. The van der Waals surface area contributed by atoms with Crippen LogP contribution in [0.3, 0.4) is 0 Å². The van der Waals surface area contributed by atoms with Gasteiger partial charge in [0.25, 0.3) is 10.1 Å². The summed E-state index contributed by atoms with van der Waals surface area (Å²) in [6.07, 6.45) is 2.42. The molecule has 0 spiro atoms. The lowest BCUT2D eigenvalue weighted by molar-refractivity contribution is 0.403. The second-order valence-corrected chi connectivity index (χ2v) is 11.3. The molecular weight excluding hydrogens is 478 g/mol. The number of benzene rings is 3. The van der Waals surface area contributed by atoms with Gasteiger partial charge in [-0.2, -0.15) is 8.42 Å². The summed E-state index contributed by atoms with van der Waals surface area (Å²) in [4.78, 5) is 9.26. The van der Waals surface area contributed by atoms with Gasteiger partial charge in [-0.25, -0.2) is 9.97 Å². The van der Waals surface area contributed by atoms with E-state index in [0.29, 0.717) is 23.6 Å². The lowest BCUT2D eigenvalue weighted by Gasteiger charge is -2.27. The van der Waals surface area contributed by atoms with Gasteiger partial charge in [-0.15, -0.1) is 0 Å². The number of aromatic nitrogens is 2. The fourth-order valence-electron chi connectivity index (χ4n) is 4.48. The van der Waals surface area contributed by atoms with E-state index >= 15 is 0 Å². The minimum atomic E-state index is -4.27. The highest BCUT2D eigenvalue weighted by atomic mass is 32.2. The van der Waals surface area contributed by atoms with Crippen molar-refractivity contribution in [3.05, 3.63) is 95.2 Å². The quantitative estimate of drug-likeness (QED) is 0.218. The Balaban J connectivity index is 1.45. The van der Waals surface area contributed by atoms with Crippen molar-refractivity contribution in [2.45, 2.75) is 30.9 Å². The van der Waals surface area contributed by atoms with E-state index in [1.165, 1.54) is 19.9 Å². The summed E-state index contributed by atoms with van der Waals surface area (Å²) in [5, 5.41) is 22.9. The zero-order chi connectivity index (χ0) is 25.7.